The molecule has 0 fully saturated rings. The van der Waals surface area contributed by atoms with Gasteiger partial charge in [0.1, 0.15) is 5.75 Å². The summed E-state index contributed by atoms with van der Waals surface area (Å²) in [5.74, 6) is 1.48. The molecule has 3 heteroatoms. The lowest BCUT2D eigenvalue weighted by Crippen LogP contribution is -2.11. The smallest absolute Gasteiger partial charge is 0.119 e. The third-order valence-electron chi connectivity index (χ3n) is 3.75. The van der Waals surface area contributed by atoms with E-state index in [0.29, 0.717) is 5.92 Å². The van der Waals surface area contributed by atoms with Crippen LogP contribution in [0.5, 0.6) is 5.75 Å². The molecule has 0 aromatic heterocycles. The minimum Gasteiger partial charge on any atom is -0.497 e. The maximum atomic E-state index is 5.33. The molecule has 112 valence electrons. The SMILES string of the molecule is COc1ccc(Br)c(CC(CBr)Cc2ccccc2C)c1. The molecule has 0 saturated heterocycles. The van der Waals surface area contributed by atoms with Gasteiger partial charge < -0.3 is 4.74 Å². The number of rotatable bonds is 6. The van der Waals surface area contributed by atoms with E-state index >= 15 is 0 Å². The van der Waals surface area contributed by atoms with Crippen LogP contribution < -0.4 is 4.74 Å². The second-order valence-electron chi connectivity index (χ2n) is 5.31. The predicted molar refractivity (Wildman–Crippen MR) is 96.6 cm³/mol. The Morgan fingerprint density at radius 1 is 1.05 bits per heavy atom. The van der Waals surface area contributed by atoms with Crippen molar-refractivity contribution in [2.45, 2.75) is 19.8 Å². The van der Waals surface area contributed by atoms with Crippen molar-refractivity contribution in [1.82, 2.24) is 0 Å². The molecule has 2 rings (SSSR count). The normalized spacial score (nSPS) is 12.2. The molecule has 1 atom stereocenters. The van der Waals surface area contributed by atoms with Crippen LogP contribution >= 0.6 is 31.9 Å². The number of benzene rings is 2. The van der Waals surface area contributed by atoms with Crippen molar-refractivity contribution >= 4 is 31.9 Å². The molecule has 0 bridgehead atoms. The molecule has 0 aliphatic heterocycles. The molecule has 0 heterocycles. The Labute approximate surface area is 144 Å². The number of aryl methyl sites for hydroxylation is 1. The predicted octanol–water partition coefficient (Wildman–Crippen LogP) is 5.56. The summed E-state index contributed by atoms with van der Waals surface area (Å²) in [6, 6.07) is 14.8. The van der Waals surface area contributed by atoms with Crippen LogP contribution in [-0.2, 0) is 12.8 Å². The first-order valence-corrected chi connectivity index (χ1v) is 8.98. The van der Waals surface area contributed by atoms with Gasteiger partial charge in [0.15, 0.2) is 0 Å². The fraction of sp³-hybridized carbons (Fsp3) is 0.333. The standard InChI is InChI=1S/C18H20Br2O/c1-13-5-3-4-6-15(13)9-14(12-19)10-16-11-17(21-2)7-8-18(16)20/h3-8,11,14H,9-10,12H2,1-2H3. The summed E-state index contributed by atoms with van der Waals surface area (Å²) in [7, 11) is 1.71. The van der Waals surface area contributed by atoms with E-state index in [-0.39, 0.29) is 0 Å². The molecule has 2 aromatic rings. The number of methoxy groups -OCH3 is 1. The lowest BCUT2D eigenvalue weighted by Gasteiger charge is -2.17. The van der Waals surface area contributed by atoms with Gasteiger partial charge in [0, 0.05) is 9.80 Å². The molecule has 0 spiro atoms. The summed E-state index contributed by atoms with van der Waals surface area (Å²) in [4.78, 5) is 0. The Morgan fingerprint density at radius 3 is 2.43 bits per heavy atom. The van der Waals surface area contributed by atoms with Crippen molar-refractivity contribution in [1.29, 1.82) is 0 Å². The highest BCUT2D eigenvalue weighted by Gasteiger charge is 2.13. The monoisotopic (exact) mass is 410 g/mol. The third-order valence-corrected chi connectivity index (χ3v) is 5.44. The molecule has 2 aromatic carbocycles. The van der Waals surface area contributed by atoms with Crippen molar-refractivity contribution in [3.63, 3.8) is 0 Å². The average Bonchev–Trinajstić information content (AvgIpc) is 2.50. The zero-order chi connectivity index (χ0) is 15.2. The molecular formula is C18H20Br2O. The molecule has 21 heavy (non-hydrogen) atoms. The highest BCUT2D eigenvalue weighted by Crippen LogP contribution is 2.27. The zero-order valence-electron chi connectivity index (χ0n) is 12.4. The van der Waals surface area contributed by atoms with E-state index in [9.17, 15) is 0 Å². The number of halogens is 2. The zero-order valence-corrected chi connectivity index (χ0v) is 15.6. The highest BCUT2D eigenvalue weighted by molar-refractivity contribution is 9.10. The largest absolute Gasteiger partial charge is 0.497 e. The fourth-order valence-electron chi connectivity index (χ4n) is 2.48. The Balaban J connectivity index is 2.14. The Morgan fingerprint density at radius 2 is 1.76 bits per heavy atom. The highest BCUT2D eigenvalue weighted by atomic mass is 79.9. The summed E-state index contributed by atoms with van der Waals surface area (Å²) < 4.78 is 6.48. The van der Waals surface area contributed by atoms with Gasteiger partial charge in [-0.2, -0.15) is 0 Å². The third kappa shape index (κ3) is 4.58. The van der Waals surface area contributed by atoms with Gasteiger partial charge in [-0.05, 0) is 60.6 Å². The van der Waals surface area contributed by atoms with Crippen molar-refractivity contribution in [2.24, 2.45) is 5.92 Å². The van der Waals surface area contributed by atoms with Crippen LogP contribution in [0.15, 0.2) is 46.9 Å². The number of ether oxygens (including phenoxy) is 1. The topological polar surface area (TPSA) is 9.23 Å². The summed E-state index contributed by atoms with van der Waals surface area (Å²) in [6.45, 7) is 2.18. The molecule has 0 N–H and O–H groups in total. The molecule has 0 aliphatic carbocycles. The number of hydrogen-bond acceptors (Lipinski definition) is 1. The molecular weight excluding hydrogens is 392 g/mol. The van der Waals surface area contributed by atoms with E-state index in [1.165, 1.54) is 16.7 Å². The van der Waals surface area contributed by atoms with Gasteiger partial charge in [-0.25, -0.2) is 0 Å². The molecule has 0 aliphatic rings. The van der Waals surface area contributed by atoms with Crippen LogP contribution in [0, 0.1) is 12.8 Å². The van der Waals surface area contributed by atoms with Gasteiger partial charge in [-0.15, -0.1) is 0 Å². The van der Waals surface area contributed by atoms with Crippen LogP contribution in [0.3, 0.4) is 0 Å². The van der Waals surface area contributed by atoms with Crippen molar-refractivity contribution in [3.05, 3.63) is 63.6 Å². The number of alkyl halides is 1. The Bertz CT molecular complexity index is 596. The Kier molecular flexibility index (Phi) is 6.31. The molecule has 1 unspecified atom stereocenters. The first-order chi connectivity index (χ1) is 10.1. The maximum Gasteiger partial charge on any atom is 0.119 e. The van der Waals surface area contributed by atoms with Crippen LogP contribution in [0.2, 0.25) is 0 Å². The minimum absolute atomic E-state index is 0.564. The van der Waals surface area contributed by atoms with Crippen molar-refractivity contribution < 1.29 is 4.74 Å². The fourth-order valence-corrected chi connectivity index (χ4v) is 3.34. The molecule has 0 radical (unpaired) electrons. The lowest BCUT2D eigenvalue weighted by molar-refractivity contribution is 0.413. The van der Waals surface area contributed by atoms with Gasteiger partial charge in [0.05, 0.1) is 7.11 Å². The first-order valence-electron chi connectivity index (χ1n) is 7.07. The van der Waals surface area contributed by atoms with Crippen LogP contribution in [0.1, 0.15) is 16.7 Å². The van der Waals surface area contributed by atoms with Gasteiger partial charge in [-0.3, -0.25) is 0 Å². The first kappa shape index (κ1) is 16.6. The van der Waals surface area contributed by atoms with Gasteiger partial charge in [-0.1, -0.05) is 56.1 Å². The van der Waals surface area contributed by atoms with Gasteiger partial charge >= 0.3 is 0 Å². The maximum absolute atomic E-state index is 5.33. The van der Waals surface area contributed by atoms with E-state index in [2.05, 4.69) is 75.2 Å². The second-order valence-corrected chi connectivity index (χ2v) is 6.81. The van der Waals surface area contributed by atoms with Gasteiger partial charge in [0.2, 0.25) is 0 Å². The quantitative estimate of drug-likeness (QED) is 0.565. The van der Waals surface area contributed by atoms with Crippen LogP contribution in [0.4, 0.5) is 0 Å². The molecule has 1 nitrogen and oxygen atoms in total. The second kappa shape index (κ2) is 8.00. The number of hydrogen-bond donors (Lipinski definition) is 0. The average molecular weight is 412 g/mol. The summed E-state index contributed by atoms with van der Waals surface area (Å²) in [5.41, 5.74) is 4.10. The Hall–Kier alpha value is -0.800. The summed E-state index contributed by atoms with van der Waals surface area (Å²) >= 11 is 7.32. The van der Waals surface area contributed by atoms with Crippen molar-refractivity contribution in [2.75, 3.05) is 12.4 Å². The van der Waals surface area contributed by atoms with E-state index in [4.69, 9.17) is 4.74 Å². The van der Waals surface area contributed by atoms with E-state index < -0.39 is 0 Å². The lowest BCUT2D eigenvalue weighted by atomic mass is 9.92. The van der Waals surface area contributed by atoms with Crippen LogP contribution in [0.25, 0.3) is 0 Å². The minimum atomic E-state index is 0.564. The summed E-state index contributed by atoms with van der Waals surface area (Å²) in [6.07, 6.45) is 2.11. The van der Waals surface area contributed by atoms with E-state index in [1.807, 2.05) is 6.07 Å². The van der Waals surface area contributed by atoms with Crippen molar-refractivity contribution in [3.8, 4) is 5.75 Å². The van der Waals surface area contributed by atoms with E-state index in [0.717, 1.165) is 28.4 Å². The van der Waals surface area contributed by atoms with E-state index in [1.54, 1.807) is 7.11 Å². The summed E-state index contributed by atoms with van der Waals surface area (Å²) in [5, 5.41) is 0.991. The van der Waals surface area contributed by atoms with Gasteiger partial charge in [0.25, 0.3) is 0 Å². The molecule has 0 amide bonds. The van der Waals surface area contributed by atoms with Crippen LogP contribution in [-0.4, -0.2) is 12.4 Å². The molecule has 0 saturated carbocycles.